The first-order valence-electron chi connectivity index (χ1n) is 7.60. The standard InChI is InChI=1S/C17H15N5OS/c23-16-7-13-4-3-12(6-14(13)20-16)15-10-24-17(22-21-15)19-9-11-2-1-5-18-8-11/h1-6,8H,7,9-10H2,(H,19,22)(H,20,23). The second-order valence-electron chi connectivity index (χ2n) is 5.54. The molecule has 1 aromatic carbocycles. The van der Waals surface area contributed by atoms with Crippen LogP contribution < -0.4 is 10.7 Å². The molecule has 4 rings (SSSR count). The van der Waals surface area contributed by atoms with Gasteiger partial charge >= 0.3 is 0 Å². The minimum Gasteiger partial charge on any atom is -0.326 e. The molecule has 2 aliphatic rings. The molecule has 0 saturated carbocycles. The Labute approximate surface area is 143 Å². The first kappa shape index (κ1) is 14.9. The number of anilines is 1. The minimum absolute atomic E-state index is 0.0463. The second kappa shape index (κ2) is 6.45. The van der Waals surface area contributed by atoms with E-state index in [1.54, 1.807) is 18.0 Å². The van der Waals surface area contributed by atoms with E-state index in [0.29, 0.717) is 13.0 Å². The van der Waals surface area contributed by atoms with Gasteiger partial charge in [-0.15, -0.1) is 0 Å². The van der Waals surface area contributed by atoms with Crippen molar-refractivity contribution >= 4 is 34.2 Å². The van der Waals surface area contributed by atoms with Crippen molar-refractivity contribution in [2.45, 2.75) is 13.0 Å². The van der Waals surface area contributed by atoms with Crippen LogP contribution in [-0.4, -0.2) is 27.5 Å². The Morgan fingerprint density at radius 3 is 3.04 bits per heavy atom. The molecule has 120 valence electrons. The smallest absolute Gasteiger partial charge is 0.228 e. The molecule has 0 atom stereocenters. The molecule has 2 aromatic rings. The molecule has 0 unspecified atom stereocenters. The number of carbonyl (C=O) groups is 1. The van der Waals surface area contributed by atoms with Crippen LogP contribution in [0.2, 0.25) is 0 Å². The third-order valence-corrected chi connectivity index (χ3v) is 4.74. The van der Waals surface area contributed by atoms with E-state index in [9.17, 15) is 4.79 Å². The van der Waals surface area contributed by atoms with Gasteiger partial charge in [-0.1, -0.05) is 30.0 Å². The van der Waals surface area contributed by atoms with Gasteiger partial charge in [0.05, 0.1) is 18.7 Å². The molecule has 3 heterocycles. The lowest BCUT2D eigenvalue weighted by Gasteiger charge is -2.15. The van der Waals surface area contributed by atoms with E-state index in [-0.39, 0.29) is 5.91 Å². The number of carbonyl (C=O) groups excluding carboxylic acids is 1. The number of rotatable bonds is 3. The van der Waals surface area contributed by atoms with Gasteiger partial charge in [0.1, 0.15) is 0 Å². The maximum Gasteiger partial charge on any atom is 0.228 e. The summed E-state index contributed by atoms with van der Waals surface area (Å²) in [4.78, 5) is 20.0. The first-order valence-corrected chi connectivity index (χ1v) is 8.58. The number of amidine groups is 1. The fourth-order valence-corrected chi connectivity index (χ4v) is 3.36. The van der Waals surface area contributed by atoms with Crippen molar-refractivity contribution in [3.05, 3.63) is 59.4 Å². The van der Waals surface area contributed by atoms with E-state index in [2.05, 4.69) is 25.8 Å². The van der Waals surface area contributed by atoms with E-state index in [1.165, 1.54) is 0 Å². The Balaban J connectivity index is 1.45. The third kappa shape index (κ3) is 3.16. The molecule has 0 bridgehead atoms. The van der Waals surface area contributed by atoms with Gasteiger partial charge in [-0.2, -0.15) is 5.10 Å². The van der Waals surface area contributed by atoms with Gasteiger partial charge < -0.3 is 5.32 Å². The van der Waals surface area contributed by atoms with Crippen molar-refractivity contribution in [2.24, 2.45) is 10.1 Å². The molecule has 2 aliphatic heterocycles. The summed E-state index contributed by atoms with van der Waals surface area (Å²) >= 11 is 1.62. The number of amides is 1. The van der Waals surface area contributed by atoms with Gasteiger partial charge in [0.15, 0.2) is 5.17 Å². The van der Waals surface area contributed by atoms with Crippen molar-refractivity contribution in [1.82, 2.24) is 10.4 Å². The van der Waals surface area contributed by atoms with Crippen LogP contribution >= 0.6 is 11.8 Å². The quantitative estimate of drug-likeness (QED) is 0.900. The number of fused-ring (bicyclic) bond motifs is 1. The van der Waals surface area contributed by atoms with E-state index >= 15 is 0 Å². The normalized spacial score (nSPS) is 17.9. The Morgan fingerprint density at radius 1 is 1.29 bits per heavy atom. The van der Waals surface area contributed by atoms with Crippen molar-refractivity contribution in [2.75, 3.05) is 11.1 Å². The Bertz CT molecular complexity index is 847. The molecule has 0 spiro atoms. The highest BCUT2D eigenvalue weighted by Gasteiger charge is 2.20. The molecule has 0 saturated heterocycles. The molecule has 6 nitrogen and oxygen atoms in total. The Hall–Kier alpha value is -2.67. The number of benzene rings is 1. The largest absolute Gasteiger partial charge is 0.326 e. The number of hydrogen-bond donors (Lipinski definition) is 2. The lowest BCUT2D eigenvalue weighted by Crippen LogP contribution is -2.25. The summed E-state index contributed by atoms with van der Waals surface area (Å²) in [5.74, 6) is 0.788. The number of pyridine rings is 1. The van der Waals surface area contributed by atoms with Crippen LogP contribution in [-0.2, 0) is 17.8 Å². The van der Waals surface area contributed by atoms with E-state index in [1.807, 2.05) is 36.5 Å². The summed E-state index contributed by atoms with van der Waals surface area (Å²) in [5.41, 5.74) is 7.97. The van der Waals surface area contributed by atoms with Crippen LogP contribution in [0.5, 0.6) is 0 Å². The minimum atomic E-state index is 0.0463. The number of hydrazone groups is 1. The van der Waals surface area contributed by atoms with Crippen molar-refractivity contribution < 1.29 is 4.79 Å². The molecule has 1 amide bonds. The summed E-state index contributed by atoms with van der Waals surface area (Å²) in [6.45, 7) is 0.582. The molecular weight excluding hydrogens is 322 g/mol. The highest BCUT2D eigenvalue weighted by molar-refractivity contribution is 8.14. The van der Waals surface area contributed by atoms with E-state index in [0.717, 1.165) is 39.0 Å². The molecular formula is C17H15N5OS. The number of hydrogen-bond acceptors (Lipinski definition) is 5. The zero-order valence-corrected chi connectivity index (χ0v) is 13.6. The maximum absolute atomic E-state index is 11.4. The maximum atomic E-state index is 11.4. The summed E-state index contributed by atoms with van der Waals surface area (Å²) in [7, 11) is 0. The molecule has 0 radical (unpaired) electrons. The van der Waals surface area contributed by atoms with Gasteiger partial charge in [0.25, 0.3) is 0 Å². The van der Waals surface area contributed by atoms with Crippen LogP contribution in [0.4, 0.5) is 5.69 Å². The zero-order chi connectivity index (χ0) is 16.4. The zero-order valence-electron chi connectivity index (χ0n) is 12.8. The third-order valence-electron chi connectivity index (χ3n) is 3.83. The number of thioether (sulfide) groups is 1. The first-order chi connectivity index (χ1) is 11.8. The van der Waals surface area contributed by atoms with E-state index in [4.69, 9.17) is 0 Å². The van der Waals surface area contributed by atoms with Crippen LogP contribution in [0.3, 0.4) is 0 Å². The van der Waals surface area contributed by atoms with Crippen LogP contribution in [0.15, 0.2) is 52.8 Å². The van der Waals surface area contributed by atoms with Crippen LogP contribution in [0, 0.1) is 0 Å². The highest BCUT2D eigenvalue weighted by Crippen LogP contribution is 2.25. The number of aliphatic imine (C=N–C) groups is 1. The monoisotopic (exact) mass is 337 g/mol. The van der Waals surface area contributed by atoms with Crippen LogP contribution in [0.25, 0.3) is 0 Å². The Kier molecular flexibility index (Phi) is 4.00. The molecule has 0 aliphatic carbocycles. The number of aromatic nitrogens is 1. The molecule has 0 fully saturated rings. The lowest BCUT2D eigenvalue weighted by molar-refractivity contribution is -0.115. The molecule has 24 heavy (non-hydrogen) atoms. The van der Waals surface area contributed by atoms with Crippen molar-refractivity contribution in [3.63, 3.8) is 0 Å². The topological polar surface area (TPSA) is 78.7 Å². The summed E-state index contributed by atoms with van der Waals surface area (Å²) in [6, 6.07) is 9.89. The lowest BCUT2D eigenvalue weighted by atomic mass is 10.1. The summed E-state index contributed by atoms with van der Waals surface area (Å²) in [6.07, 6.45) is 4.02. The SMILES string of the molecule is O=C1Cc2ccc(C3=NNC(=NCc4cccnc4)SC3)cc2N1. The second-order valence-corrected chi connectivity index (χ2v) is 6.50. The van der Waals surface area contributed by atoms with Crippen molar-refractivity contribution in [3.8, 4) is 0 Å². The molecule has 7 heteroatoms. The predicted octanol–water partition coefficient (Wildman–Crippen LogP) is 2.17. The van der Waals surface area contributed by atoms with E-state index < -0.39 is 0 Å². The van der Waals surface area contributed by atoms with Crippen LogP contribution in [0.1, 0.15) is 16.7 Å². The fraction of sp³-hybridized carbons (Fsp3) is 0.176. The highest BCUT2D eigenvalue weighted by atomic mass is 32.2. The summed E-state index contributed by atoms with van der Waals surface area (Å²) < 4.78 is 0. The average molecular weight is 337 g/mol. The predicted molar refractivity (Wildman–Crippen MR) is 96.3 cm³/mol. The van der Waals surface area contributed by atoms with Gasteiger partial charge in [-0.25, -0.2) is 0 Å². The Morgan fingerprint density at radius 2 is 2.25 bits per heavy atom. The number of nitrogens with one attached hydrogen (secondary N) is 2. The van der Waals surface area contributed by atoms with Gasteiger partial charge in [-0.05, 0) is 23.3 Å². The fourth-order valence-electron chi connectivity index (χ4n) is 2.59. The molecule has 1 aromatic heterocycles. The van der Waals surface area contributed by atoms with Crippen molar-refractivity contribution in [1.29, 1.82) is 0 Å². The number of nitrogens with zero attached hydrogens (tertiary/aromatic N) is 3. The van der Waals surface area contributed by atoms with Gasteiger partial charge in [-0.3, -0.25) is 20.2 Å². The summed E-state index contributed by atoms with van der Waals surface area (Å²) in [5, 5.41) is 8.10. The van der Waals surface area contributed by atoms with Gasteiger partial charge in [0.2, 0.25) is 5.91 Å². The van der Waals surface area contributed by atoms with Gasteiger partial charge in [0, 0.05) is 29.4 Å². The molecule has 2 N–H and O–H groups in total. The average Bonchev–Trinajstić information content (AvgIpc) is 3.00.